The lowest BCUT2D eigenvalue weighted by Crippen LogP contribution is -2.06. The fraction of sp³-hybridized carbons (Fsp3) is 0.0727. The quantitative estimate of drug-likeness (QED) is 0.147. The van der Waals surface area contributed by atoms with Crippen LogP contribution in [0.4, 0.5) is 0 Å². The van der Waals surface area contributed by atoms with Crippen LogP contribution in [0.25, 0.3) is 100 Å². The summed E-state index contributed by atoms with van der Waals surface area (Å²) in [6, 6.07) is 69.1. The zero-order valence-corrected chi connectivity index (χ0v) is 33.3. The van der Waals surface area contributed by atoms with Crippen molar-refractivity contribution >= 4 is 43.6 Å². The third kappa shape index (κ3) is 6.14. The maximum Gasteiger partial charge on any atom is 0.238 e. The van der Waals surface area contributed by atoms with Crippen LogP contribution in [-0.4, -0.2) is 24.1 Å². The van der Waals surface area contributed by atoms with Gasteiger partial charge in [-0.05, 0) is 77.1 Å². The van der Waals surface area contributed by atoms with Gasteiger partial charge in [-0.1, -0.05) is 171 Å². The molecule has 3 aromatic heterocycles. The molecule has 5 heteroatoms. The van der Waals surface area contributed by atoms with Gasteiger partial charge in [-0.15, -0.1) is 0 Å². The lowest BCUT2D eigenvalue weighted by atomic mass is 9.98. The molecule has 0 fully saturated rings. The molecule has 8 aromatic carbocycles. The third-order valence-corrected chi connectivity index (χ3v) is 11.8. The average molecular weight is 772 g/mol. The first-order valence-corrected chi connectivity index (χ1v) is 20.8. The number of rotatable bonds is 9. The van der Waals surface area contributed by atoms with Gasteiger partial charge in [-0.3, -0.25) is 4.57 Å². The van der Waals surface area contributed by atoms with E-state index in [-0.39, 0.29) is 0 Å². The van der Waals surface area contributed by atoms with Crippen molar-refractivity contribution in [1.82, 2.24) is 24.1 Å². The van der Waals surface area contributed by atoms with Gasteiger partial charge < -0.3 is 4.57 Å². The van der Waals surface area contributed by atoms with Crippen molar-refractivity contribution in [2.45, 2.75) is 26.2 Å². The highest BCUT2D eigenvalue weighted by Crippen LogP contribution is 2.42. The van der Waals surface area contributed by atoms with Gasteiger partial charge in [0.15, 0.2) is 11.6 Å². The Labute approximate surface area is 348 Å². The fourth-order valence-electron chi connectivity index (χ4n) is 8.82. The number of fused-ring (bicyclic) bond motifs is 7. The van der Waals surface area contributed by atoms with Crippen LogP contribution in [0.2, 0.25) is 0 Å². The second-order valence-electron chi connectivity index (χ2n) is 15.5. The molecule has 0 amide bonds. The van der Waals surface area contributed by atoms with Crippen LogP contribution in [0.5, 0.6) is 0 Å². The molecule has 0 aliphatic rings. The number of hydrogen-bond acceptors (Lipinski definition) is 3. The SMILES string of the molecule is CCCCc1ccc(-c2ccc(-c3cccc(-c4nc(-c5ccccc5)nc(-n5c6ccccc6c6ccc7c(c8ccccc8n7-c7ccccc7)c65)n4)c3)cc2)cc1. The van der Waals surface area contributed by atoms with E-state index in [1.165, 1.54) is 34.9 Å². The molecule has 5 nitrogen and oxygen atoms in total. The van der Waals surface area contributed by atoms with Crippen LogP contribution in [0.3, 0.4) is 0 Å². The number of benzene rings is 8. The first kappa shape index (κ1) is 35.5. The van der Waals surface area contributed by atoms with Crippen molar-refractivity contribution in [3.63, 3.8) is 0 Å². The summed E-state index contributed by atoms with van der Waals surface area (Å²) in [5.74, 6) is 1.81. The minimum absolute atomic E-state index is 0.574. The minimum atomic E-state index is 0.574. The molecule has 0 aliphatic carbocycles. The van der Waals surface area contributed by atoms with E-state index in [0.29, 0.717) is 17.6 Å². The van der Waals surface area contributed by atoms with E-state index >= 15 is 0 Å². The van der Waals surface area contributed by atoms with Crippen LogP contribution in [0.15, 0.2) is 194 Å². The number of aromatic nitrogens is 5. The fourth-order valence-corrected chi connectivity index (χ4v) is 8.82. The molecule has 0 spiro atoms. The molecule has 60 heavy (non-hydrogen) atoms. The Kier molecular flexibility index (Phi) is 8.85. The highest BCUT2D eigenvalue weighted by molar-refractivity contribution is 6.26. The molecule has 11 rings (SSSR count). The van der Waals surface area contributed by atoms with Crippen molar-refractivity contribution < 1.29 is 0 Å². The summed E-state index contributed by atoms with van der Waals surface area (Å²) < 4.78 is 4.62. The topological polar surface area (TPSA) is 48.5 Å². The molecular weight excluding hydrogens is 731 g/mol. The summed E-state index contributed by atoms with van der Waals surface area (Å²) in [5.41, 5.74) is 13.4. The monoisotopic (exact) mass is 771 g/mol. The lowest BCUT2D eigenvalue weighted by Gasteiger charge is -2.12. The predicted molar refractivity (Wildman–Crippen MR) is 249 cm³/mol. The van der Waals surface area contributed by atoms with E-state index in [1.807, 2.05) is 18.2 Å². The van der Waals surface area contributed by atoms with Crippen molar-refractivity contribution in [1.29, 1.82) is 0 Å². The van der Waals surface area contributed by atoms with Crippen LogP contribution >= 0.6 is 0 Å². The van der Waals surface area contributed by atoms with E-state index in [2.05, 4.69) is 192 Å². The van der Waals surface area contributed by atoms with Gasteiger partial charge in [0.1, 0.15) is 0 Å². The number of unbranched alkanes of at least 4 members (excludes halogenated alkanes) is 1. The number of aryl methyl sites for hydroxylation is 1. The van der Waals surface area contributed by atoms with Crippen molar-refractivity contribution in [2.75, 3.05) is 0 Å². The summed E-state index contributed by atoms with van der Waals surface area (Å²) in [6.45, 7) is 2.24. The van der Waals surface area contributed by atoms with Gasteiger partial charge in [-0.2, -0.15) is 9.97 Å². The molecule has 0 radical (unpaired) electrons. The lowest BCUT2D eigenvalue weighted by molar-refractivity contribution is 0.795. The zero-order valence-electron chi connectivity index (χ0n) is 33.3. The first-order chi connectivity index (χ1) is 29.7. The van der Waals surface area contributed by atoms with Gasteiger partial charge >= 0.3 is 0 Å². The van der Waals surface area contributed by atoms with Gasteiger partial charge in [0.05, 0.1) is 22.1 Å². The smallest absolute Gasteiger partial charge is 0.238 e. The van der Waals surface area contributed by atoms with E-state index in [9.17, 15) is 0 Å². The molecule has 0 saturated heterocycles. The Morgan fingerprint density at radius 1 is 0.400 bits per heavy atom. The number of hydrogen-bond donors (Lipinski definition) is 0. The Morgan fingerprint density at radius 3 is 1.68 bits per heavy atom. The minimum Gasteiger partial charge on any atom is -0.309 e. The molecule has 0 saturated carbocycles. The van der Waals surface area contributed by atoms with E-state index in [1.54, 1.807) is 0 Å². The maximum atomic E-state index is 5.37. The van der Waals surface area contributed by atoms with Gasteiger partial charge in [-0.25, -0.2) is 4.98 Å². The summed E-state index contributed by atoms with van der Waals surface area (Å²) in [4.78, 5) is 15.8. The largest absolute Gasteiger partial charge is 0.309 e. The normalized spacial score (nSPS) is 11.6. The van der Waals surface area contributed by atoms with E-state index in [0.717, 1.165) is 72.6 Å². The van der Waals surface area contributed by atoms with Crippen LogP contribution < -0.4 is 0 Å². The summed E-state index contributed by atoms with van der Waals surface area (Å²) in [6.07, 6.45) is 3.56. The molecule has 0 atom stereocenters. The predicted octanol–water partition coefficient (Wildman–Crippen LogP) is 14.1. The van der Waals surface area contributed by atoms with Gasteiger partial charge in [0.2, 0.25) is 5.95 Å². The second kappa shape index (κ2) is 14.9. The third-order valence-electron chi connectivity index (χ3n) is 11.8. The zero-order chi connectivity index (χ0) is 40.0. The van der Waals surface area contributed by atoms with Gasteiger partial charge in [0, 0.05) is 38.4 Å². The van der Waals surface area contributed by atoms with Crippen LogP contribution in [-0.2, 0) is 6.42 Å². The summed E-state index contributed by atoms with van der Waals surface area (Å²) >= 11 is 0. The number of para-hydroxylation sites is 3. The van der Waals surface area contributed by atoms with Crippen molar-refractivity contribution in [2.24, 2.45) is 0 Å². The first-order valence-electron chi connectivity index (χ1n) is 20.8. The standard InChI is InChI=1S/C55H41N5/c1-2-3-15-37-26-28-38(29-27-37)39-30-32-40(33-31-39)42-18-14-19-43(36-42)54-56-53(41-16-6-4-7-17-41)57-55(58-54)60-48-24-12-10-22-45(48)46-34-35-50-51(52(46)60)47-23-11-13-25-49(47)59(50)44-20-8-5-9-21-44/h4-14,16-36H,2-3,15H2,1H3. The highest BCUT2D eigenvalue weighted by atomic mass is 15.2. The Bertz CT molecular complexity index is 3330. The molecule has 0 bridgehead atoms. The van der Waals surface area contributed by atoms with Crippen molar-refractivity contribution in [3.05, 3.63) is 200 Å². The molecule has 0 N–H and O–H groups in total. The molecule has 286 valence electrons. The Morgan fingerprint density at radius 2 is 0.967 bits per heavy atom. The Balaban J connectivity index is 1.09. The summed E-state index contributed by atoms with van der Waals surface area (Å²) in [5, 5.41) is 4.62. The highest BCUT2D eigenvalue weighted by Gasteiger charge is 2.23. The maximum absolute atomic E-state index is 5.37. The second-order valence-corrected chi connectivity index (χ2v) is 15.5. The van der Waals surface area contributed by atoms with E-state index < -0.39 is 0 Å². The van der Waals surface area contributed by atoms with Gasteiger partial charge in [0.25, 0.3) is 0 Å². The summed E-state index contributed by atoms with van der Waals surface area (Å²) in [7, 11) is 0. The van der Waals surface area contributed by atoms with Crippen LogP contribution in [0, 0.1) is 0 Å². The molecule has 0 unspecified atom stereocenters. The number of nitrogens with zero attached hydrogens (tertiary/aromatic N) is 5. The van der Waals surface area contributed by atoms with Crippen LogP contribution in [0.1, 0.15) is 25.3 Å². The molecule has 0 aliphatic heterocycles. The molecule has 3 heterocycles. The van der Waals surface area contributed by atoms with E-state index in [4.69, 9.17) is 15.0 Å². The Hall–Kier alpha value is -7.63. The molecular formula is C55H41N5. The molecule has 11 aromatic rings. The van der Waals surface area contributed by atoms with Crippen molar-refractivity contribution in [3.8, 4) is 56.7 Å². The average Bonchev–Trinajstić information content (AvgIpc) is 3.85.